The van der Waals surface area contributed by atoms with Gasteiger partial charge in [-0.1, -0.05) is 30.3 Å². The van der Waals surface area contributed by atoms with Gasteiger partial charge in [0, 0.05) is 7.05 Å². The van der Waals surface area contributed by atoms with Crippen LogP contribution < -0.4 is 9.64 Å². The summed E-state index contributed by atoms with van der Waals surface area (Å²) in [5, 5.41) is 4.32. The van der Waals surface area contributed by atoms with Gasteiger partial charge in [-0.15, -0.1) is 0 Å². The molecule has 0 saturated carbocycles. The maximum atomic E-state index is 12.2. The van der Waals surface area contributed by atoms with E-state index in [0.29, 0.717) is 18.0 Å². The van der Waals surface area contributed by atoms with Crippen LogP contribution in [0.25, 0.3) is 5.52 Å². The number of rotatable bonds is 4. The van der Waals surface area contributed by atoms with Gasteiger partial charge in [-0.25, -0.2) is 9.31 Å². The van der Waals surface area contributed by atoms with Crippen molar-refractivity contribution in [3.8, 4) is 5.75 Å². The summed E-state index contributed by atoms with van der Waals surface area (Å²) in [4.78, 5) is 13.7. The normalized spacial score (nSPS) is 11.4. The van der Waals surface area contributed by atoms with E-state index in [4.69, 9.17) is 9.47 Å². The van der Waals surface area contributed by atoms with Crippen LogP contribution in [0.3, 0.4) is 0 Å². The van der Waals surface area contributed by atoms with Crippen LogP contribution in [-0.4, -0.2) is 28.4 Å². The molecular weight excluding hydrogens is 330 g/mol. The van der Waals surface area contributed by atoms with Crippen LogP contribution in [0.2, 0.25) is 0 Å². The van der Waals surface area contributed by atoms with E-state index in [1.807, 2.05) is 63.2 Å². The fourth-order valence-corrected chi connectivity index (χ4v) is 2.43. The minimum absolute atomic E-state index is 0.412. The van der Waals surface area contributed by atoms with E-state index >= 15 is 0 Å². The van der Waals surface area contributed by atoms with Crippen LogP contribution in [-0.2, 0) is 11.3 Å². The van der Waals surface area contributed by atoms with Crippen LogP contribution in [0.5, 0.6) is 5.75 Å². The Bertz CT molecular complexity index is 898. The van der Waals surface area contributed by atoms with Gasteiger partial charge in [0.15, 0.2) is 5.75 Å². The molecule has 1 aromatic carbocycles. The minimum Gasteiger partial charge on any atom is -0.485 e. The number of hydrogen-bond acceptors (Lipinski definition) is 4. The van der Waals surface area contributed by atoms with Crippen molar-refractivity contribution < 1.29 is 14.3 Å². The first-order valence-corrected chi connectivity index (χ1v) is 8.44. The Kier molecular flexibility index (Phi) is 4.84. The summed E-state index contributed by atoms with van der Waals surface area (Å²) in [7, 11) is 1.67. The third kappa shape index (κ3) is 4.14. The van der Waals surface area contributed by atoms with Crippen molar-refractivity contribution in [2.75, 3.05) is 11.9 Å². The lowest BCUT2D eigenvalue weighted by molar-refractivity contribution is 0.0589. The number of carbonyl (C=O) groups excluding carboxylic acids is 1. The van der Waals surface area contributed by atoms with Crippen molar-refractivity contribution in [1.29, 1.82) is 0 Å². The fraction of sp³-hybridized carbons (Fsp3) is 0.300. The van der Waals surface area contributed by atoms with Crippen LogP contribution in [0, 0.1) is 0 Å². The summed E-state index contributed by atoms with van der Waals surface area (Å²) in [5.74, 6) is 0.695. The fourth-order valence-electron chi connectivity index (χ4n) is 2.43. The molecular formula is C20H23N3O3. The van der Waals surface area contributed by atoms with E-state index in [9.17, 15) is 4.79 Å². The molecule has 3 aromatic rings. The lowest BCUT2D eigenvalue weighted by atomic mass is 10.2. The highest BCUT2D eigenvalue weighted by Crippen LogP contribution is 2.24. The number of carbonyl (C=O) groups is 1. The number of benzene rings is 1. The molecule has 1 amide bonds. The molecule has 0 N–H and O–H groups in total. The van der Waals surface area contributed by atoms with Crippen molar-refractivity contribution >= 4 is 17.3 Å². The Hall–Kier alpha value is -3.02. The van der Waals surface area contributed by atoms with Gasteiger partial charge in [0.2, 0.25) is 0 Å². The number of anilines is 1. The predicted octanol–water partition coefficient (Wildman–Crippen LogP) is 4.28. The lowest BCUT2D eigenvalue weighted by Gasteiger charge is -2.24. The second-order valence-corrected chi connectivity index (χ2v) is 7.04. The average molecular weight is 353 g/mol. The van der Waals surface area contributed by atoms with Crippen molar-refractivity contribution in [1.82, 2.24) is 9.61 Å². The van der Waals surface area contributed by atoms with E-state index < -0.39 is 11.7 Å². The highest BCUT2D eigenvalue weighted by atomic mass is 16.6. The summed E-state index contributed by atoms with van der Waals surface area (Å²) >= 11 is 0. The number of ether oxygens (including phenoxy) is 2. The SMILES string of the molecule is CN(C(=O)OC(C)(C)C)c1ccc2c(OCc3ccccc3)cnn2c1. The largest absolute Gasteiger partial charge is 0.485 e. The standard InChI is InChI=1S/C20H23N3O3/c1-20(2,3)26-19(24)22(4)16-10-11-17-18(12-21-23(17)13-16)25-14-15-8-6-5-7-9-15/h5-13H,14H2,1-4H3. The zero-order valence-electron chi connectivity index (χ0n) is 15.5. The molecule has 0 atom stereocenters. The maximum absolute atomic E-state index is 12.2. The number of hydrogen-bond donors (Lipinski definition) is 0. The van der Waals surface area contributed by atoms with Gasteiger partial charge in [-0.2, -0.15) is 5.10 Å². The van der Waals surface area contributed by atoms with Gasteiger partial charge in [0.1, 0.15) is 17.7 Å². The summed E-state index contributed by atoms with van der Waals surface area (Å²) in [6.45, 7) is 5.99. The van der Waals surface area contributed by atoms with E-state index in [1.54, 1.807) is 24.0 Å². The molecule has 6 nitrogen and oxygen atoms in total. The second kappa shape index (κ2) is 7.07. The molecule has 0 aliphatic heterocycles. The molecule has 26 heavy (non-hydrogen) atoms. The smallest absolute Gasteiger partial charge is 0.414 e. The Labute approximate surface area is 152 Å². The molecule has 2 heterocycles. The second-order valence-electron chi connectivity index (χ2n) is 7.04. The molecule has 3 rings (SSSR count). The highest BCUT2D eigenvalue weighted by Gasteiger charge is 2.21. The highest BCUT2D eigenvalue weighted by molar-refractivity contribution is 5.87. The number of aromatic nitrogens is 2. The van der Waals surface area contributed by atoms with Gasteiger partial charge in [0.05, 0.1) is 18.1 Å². The molecule has 136 valence electrons. The molecule has 0 saturated heterocycles. The Morgan fingerprint density at radius 1 is 1.15 bits per heavy atom. The van der Waals surface area contributed by atoms with Crippen molar-refractivity contribution in [2.45, 2.75) is 33.0 Å². The summed E-state index contributed by atoms with van der Waals surface area (Å²) in [6, 6.07) is 13.7. The zero-order valence-corrected chi connectivity index (χ0v) is 15.5. The number of amides is 1. The molecule has 0 radical (unpaired) electrons. The Morgan fingerprint density at radius 2 is 1.88 bits per heavy atom. The molecule has 0 aliphatic rings. The third-order valence-electron chi connectivity index (χ3n) is 3.76. The zero-order chi connectivity index (χ0) is 18.7. The van der Waals surface area contributed by atoms with Crippen LogP contribution in [0.15, 0.2) is 54.9 Å². The first-order valence-electron chi connectivity index (χ1n) is 8.44. The molecule has 0 unspecified atom stereocenters. The van der Waals surface area contributed by atoms with Crippen molar-refractivity contribution in [3.63, 3.8) is 0 Å². The van der Waals surface area contributed by atoms with Gasteiger partial charge in [0.25, 0.3) is 0 Å². The van der Waals surface area contributed by atoms with Gasteiger partial charge >= 0.3 is 6.09 Å². The number of pyridine rings is 1. The number of fused-ring (bicyclic) bond motifs is 1. The topological polar surface area (TPSA) is 56.1 Å². The average Bonchev–Trinajstić information content (AvgIpc) is 3.01. The lowest BCUT2D eigenvalue weighted by Crippen LogP contribution is -2.34. The Balaban J connectivity index is 1.75. The summed E-state index contributed by atoms with van der Waals surface area (Å²) in [5.41, 5.74) is 2.07. The number of nitrogens with zero attached hydrogens (tertiary/aromatic N) is 3. The first kappa shape index (κ1) is 17.8. The molecule has 6 heteroatoms. The van der Waals surface area contributed by atoms with Crippen molar-refractivity contribution in [3.05, 3.63) is 60.4 Å². The van der Waals surface area contributed by atoms with E-state index in [0.717, 1.165) is 11.1 Å². The molecule has 0 spiro atoms. The van der Waals surface area contributed by atoms with Crippen LogP contribution >= 0.6 is 0 Å². The van der Waals surface area contributed by atoms with E-state index in [-0.39, 0.29) is 0 Å². The van der Waals surface area contributed by atoms with Gasteiger partial charge < -0.3 is 9.47 Å². The van der Waals surface area contributed by atoms with E-state index in [1.165, 1.54) is 4.90 Å². The monoisotopic (exact) mass is 353 g/mol. The molecule has 2 aromatic heterocycles. The van der Waals surface area contributed by atoms with Crippen molar-refractivity contribution in [2.24, 2.45) is 0 Å². The van der Waals surface area contributed by atoms with Gasteiger partial charge in [-0.3, -0.25) is 4.90 Å². The maximum Gasteiger partial charge on any atom is 0.414 e. The first-order chi connectivity index (χ1) is 12.3. The van der Waals surface area contributed by atoms with E-state index in [2.05, 4.69) is 5.10 Å². The summed E-state index contributed by atoms with van der Waals surface area (Å²) in [6.07, 6.45) is 3.04. The van der Waals surface area contributed by atoms with Crippen LogP contribution in [0.4, 0.5) is 10.5 Å². The van der Waals surface area contributed by atoms with Crippen LogP contribution in [0.1, 0.15) is 26.3 Å². The summed E-state index contributed by atoms with van der Waals surface area (Å²) < 4.78 is 13.0. The quantitative estimate of drug-likeness (QED) is 0.702. The Morgan fingerprint density at radius 3 is 2.58 bits per heavy atom. The minimum atomic E-state index is -0.542. The van der Waals surface area contributed by atoms with Gasteiger partial charge in [-0.05, 0) is 38.5 Å². The molecule has 0 aliphatic carbocycles. The molecule has 0 fully saturated rings. The third-order valence-corrected chi connectivity index (χ3v) is 3.76. The predicted molar refractivity (Wildman–Crippen MR) is 101 cm³/mol. The molecule has 0 bridgehead atoms.